The fourth-order valence-electron chi connectivity index (χ4n) is 5.19. The summed E-state index contributed by atoms with van der Waals surface area (Å²) in [6.07, 6.45) is 2.41. The summed E-state index contributed by atoms with van der Waals surface area (Å²) in [4.78, 5) is 31.4. The van der Waals surface area contributed by atoms with Crippen molar-refractivity contribution in [1.82, 2.24) is 10.4 Å². The van der Waals surface area contributed by atoms with Gasteiger partial charge in [-0.1, -0.05) is 63.2 Å². The zero-order valence-electron chi connectivity index (χ0n) is 21.7. The number of carbonyl (C=O) groups is 2. The zero-order valence-corrected chi connectivity index (χ0v) is 21.7. The molecule has 5 heteroatoms. The molecular formula is C29H40N2O3. The number of nitrogens with one attached hydrogen (secondary N) is 1. The SMILES string of the molecule is CCC1(C)CC(NC(=O)c2ccccc2)C(C)C(C)(CC)N1OC(C)c1ccc(C(C)=O)cc1. The lowest BCUT2D eigenvalue weighted by Crippen LogP contribution is -2.70. The van der Waals surface area contributed by atoms with Gasteiger partial charge in [-0.2, -0.15) is 5.06 Å². The average molecular weight is 465 g/mol. The number of hydrogen-bond acceptors (Lipinski definition) is 4. The van der Waals surface area contributed by atoms with Crippen molar-refractivity contribution in [2.45, 2.75) is 91.0 Å². The quantitative estimate of drug-likeness (QED) is 0.462. The van der Waals surface area contributed by atoms with E-state index in [2.05, 4.69) is 51.9 Å². The third kappa shape index (κ3) is 5.11. The second-order valence-corrected chi connectivity index (χ2v) is 10.2. The Morgan fingerprint density at radius 3 is 2.18 bits per heavy atom. The molecule has 2 aromatic rings. The molecule has 0 aromatic heterocycles. The van der Waals surface area contributed by atoms with Crippen molar-refractivity contribution in [3.8, 4) is 0 Å². The predicted octanol–water partition coefficient (Wildman–Crippen LogP) is 6.36. The van der Waals surface area contributed by atoms with Gasteiger partial charge in [0.15, 0.2) is 5.78 Å². The van der Waals surface area contributed by atoms with Gasteiger partial charge in [0.2, 0.25) is 0 Å². The minimum absolute atomic E-state index is 0.0253. The number of ketones is 1. The van der Waals surface area contributed by atoms with Crippen molar-refractivity contribution < 1.29 is 14.4 Å². The lowest BCUT2D eigenvalue weighted by atomic mass is 9.68. The van der Waals surface area contributed by atoms with Crippen molar-refractivity contribution >= 4 is 11.7 Å². The molecule has 0 saturated carbocycles. The van der Waals surface area contributed by atoms with Gasteiger partial charge in [0, 0.05) is 28.2 Å². The van der Waals surface area contributed by atoms with Crippen molar-refractivity contribution in [1.29, 1.82) is 0 Å². The van der Waals surface area contributed by atoms with Crippen LogP contribution in [0.3, 0.4) is 0 Å². The number of hydroxylamine groups is 2. The molecule has 184 valence electrons. The predicted molar refractivity (Wildman–Crippen MR) is 137 cm³/mol. The first kappa shape index (κ1) is 26.1. The summed E-state index contributed by atoms with van der Waals surface area (Å²) in [5, 5.41) is 5.55. The number of piperidine rings is 1. The summed E-state index contributed by atoms with van der Waals surface area (Å²) in [5.74, 6) is 0.213. The number of rotatable bonds is 8. The highest BCUT2D eigenvalue weighted by atomic mass is 16.7. The standard InChI is InChI=1S/C29H40N2O3/c1-8-28(6)19-26(30-27(33)25-13-11-10-12-14-25)20(3)29(7,9-2)31(28)34-22(5)24-17-15-23(16-18-24)21(4)32/h10-18,20,22,26H,8-9,19H2,1-7H3,(H,30,33). The summed E-state index contributed by atoms with van der Waals surface area (Å²) in [7, 11) is 0. The lowest BCUT2D eigenvalue weighted by molar-refractivity contribution is -0.327. The zero-order chi connectivity index (χ0) is 25.1. The van der Waals surface area contributed by atoms with Crippen LogP contribution in [-0.4, -0.2) is 33.9 Å². The van der Waals surface area contributed by atoms with Crippen LogP contribution in [0.4, 0.5) is 0 Å². The summed E-state index contributed by atoms with van der Waals surface area (Å²) < 4.78 is 0. The first-order valence-electron chi connectivity index (χ1n) is 12.5. The van der Waals surface area contributed by atoms with Crippen LogP contribution in [0.25, 0.3) is 0 Å². The van der Waals surface area contributed by atoms with E-state index in [1.807, 2.05) is 54.6 Å². The summed E-state index contributed by atoms with van der Waals surface area (Å²) in [6, 6.07) is 17.1. The van der Waals surface area contributed by atoms with Crippen LogP contribution in [0.2, 0.25) is 0 Å². The molecule has 0 bridgehead atoms. The van der Waals surface area contributed by atoms with Crippen molar-refractivity contribution in [2.75, 3.05) is 0 Å². The summed E-state index contributed by atoms with van der Waals surface area (Å²) in [5.41, 5.74) is 1.91. The molecule has 1 N–H and O–H groups in total. The fourth-order valence-corrected chi connectivity index (χ4v) is 5.19. The van der Waals surface area contributed by atoms with Crippen LogP contribution in [0, 0.1) is 5.92 Å². The van der Waals surface area contributed by atoms with Crippen LogP contribution >= 0.6 is 0 Å². The molecule has 1 fully saturated rings. The largest absolute Gasteiger partial charge is 0.349 e. The van der Waals surface area contributed by atoms with Crippen molar-refractivity contribution in [2.24, 2.45) is 5.92 Å². The maximum atomic E-state index is 13.0. The molecule has 1 saturated heterocycles. The Labute approximate surface area is 204 Å². The summed E-state index contributed by atoms with van der Waals surface area (Å²) >= 11 is 0. The highest BCUT2D eigenvalue weighted by Gasteiger charge is 2.54. The third-order valence-electron chi connectivity index (χ3n) is 8.08. The molecule has 1 aliphatic rings. The lowest BCUT2D eigenvalue weighted by Gasteiger charge is -2.60. The van der Waals surface area contributed by atoms with E-state index < -0.39 is 0 Å². The van der Waals surface area contributed by atoms with E-state index in [4.69, 9.17) is 4.84 Å². The van der Waals surface area contributed by atoms with E-state index in [-0.39, 0.29) is 40.8 Å². The molecule has 0 spiro atoms. The van der Waals surface area contributed by atoms with Crippen LogP contribution in [0.15, 0.2) is 54.6 Å². The number of benzene rings is 2. The first-order chi connectivity index (χ1) is 16.1. The van der Waals surface area contributed by atoms with Gasteiger partial charge in [0.1, 0.15) is 6.10 Å². The van der Waals surface area contributed by atoms with Gasteiger partial charge < -0.3 is 5.32 Å². The van der Waals surface area contributed by atoms with Gasteiger partial charge in [-0.15, -0.1) is 0 Å². The molecule has 3 rings (SSSR count). The molecule has 1 amide bonds. The van der Waals surface area contributed by atoms with E-state index in [1.165, 1.54) is 0 Å². The fraction of sp³-hybridized carbons (Fsp3) is 0.517. The minimum atomic E-state index is -0.273. The second-order valence-electron chi connectivity index (χ2n) is 10.2. The average Bonchev–Trinajstić information content (AvgIpc) is 2.85. The molecule has 1 aliphatic heterocycles. The maximum Gasteiger partial charge on any atom is 0.251 e. The van der Waals surface area contributed by atoms with E-state index >= 15 is 0 Å². The number of Topliss-reactive ketones (excluding diaryl/α,β-unsaturated/α-hetero) is 1. The van der Waals surface area contributed by atoms with E-state index in [1.54, 1.807) is 6.92 Å². The number of hydrogen-bond donors (Lipinski definition) is 1. The Morgan fingerprint density at radius 1 is 1.03 bits per heavy atom. The van der Waals surface area contributed by atoms with Gasteiger partial charge >= 0.3 is 0 Å². The van der Waals surface area contributed by atoms with Gasteiger partial charge in [-0.3, -0.25) is 14.4 Å². The number of amides is 1. The Hall–Kier alpha value is -2.50. The van der Waals surface area contributed by atoms with Crippen LogP contribution < -0.4 is 5.32 Å². The van der Waals surface area contributed by atoms with Crippen LogP contribution in [0.1, 0.15) is 100 Å². The Balaban J connectivity index is 1.86. The summed E-state index contributed by atoms with van der Waals surface area (Å²) in [6.45, 7) is 14.7. The van der Waals surface area contributed by atoms with Crippen LogP contribution in [0.5, 0.6) is 0 Å². The Bertz CT molecular complexity index is 990. The number of nitrogens with zero attached hydrogens (tertiary/aromatic N) is 1. The van der Waals surface area contributed by atoms with Crippen molar-refractivity contribution in [3.63, 3.8) is 0 Å². The normalized spacial score (nSPS) is 28.3. The molecule has 0 aliphatic carbocycles. The van der Waals surface area contributed by atoms with Gasteiger partial charge in [0.25, 0.3) is 5.91 Å². The third-order valence-corrected chi connectivity index (χ3v) is 8.08. The number of carbonyl (C=O) groups excluding carboxylic acids is 2. The van der Waals surface area contributed by atoms with E-state index in [0.717, 1.165) is 24.8 Å². The molecule has 1 heterocycles. The van der Waals surface area contributed by atoms with Crippen molar-refractivity contribution in [3.05, 3.63) is 71.3 Å². The van der Waals surface area contributed by atoms with E-state index in [9.17, 15) is 9.59 Å². The Morgan fingerprint density at radius 2 is 1.65 bits per heavy atom. The van der Waals surface area contributed by atoms with Gasteiger partial charge in [-0.25, -0.2) is 0 Å². The monoisotopic (exact) mass is 464 g/mol. The molecule has 5 atom stereocenters. The molecule has 0 radical (unpaired) electrons. The maximum absolute atomic E-state index is 13.0. The van der Waals surface area contributed by atoms with E-state index in [0.29, 0.717) is 11.1 Å². The highest BCUT2D eigenvalue weighted by Crippen LogP contribution is 2.47. The topological polar surface area (TPSA) is 58.6 Å². The molecule has 5 nitrogen and oxygen atoms in total. The molecule has 34 heavy (non-hydrogen) atoms. The second kappa shape index (κ2) is 10.4. The molecule has 5 unspecified atom stereocenters. The smallest absolute Gasteiger partial charge is 0.251 e. The minimum Gasteiger partial charge on any atom is -0.349 e. The van der Waals surface area contributed by atoms with Gasteiger partial charge in [0.05, 0.1) is 0 Å². The molecule has 2 aromatic carbocycles. The highest BCUT2D eigenvalue weighted by molar-refractivity contribution is 5.94. The Kier molecular flexibility index (Phi) is 7.99. The van der Waals surface area contributed by atoms with Gasteiger partial charge in [-0.05, 0) is 70.6 Å². The molecular weight excluding hydrogens is 424 g/mol. The van der Waals surface area contributed by atoms with Crippen LogP contribution in [-0.2, 0) is 4.84 Å². The first-order valence-corrected chi connectivity index (χ1v) is 12.5.